The molecule has 61 heavy (non-hydrogen) atoms. The molecule has 6 atom stereocenters. The molecule has 0 saturated carbocycles. The van der Waals surface area contributed by atoms with Crippen molar-refractivity contribution in [1.29, 1.82) is 0 Å². The molecular weight excluding hydrogens is 783 g/mol. The topological polar surface area (TPSA) is 199 Å². The van der Waals surface area contributed by atoms with E-state index in [0.717, 1.165) is 10.5 Å². The molecule has 2 fully saturated rings. The molecule has 4 aromatic rings. The number of cyclic esters (lactones) is 1. The second-order valence-corrected chi connectivity index (χ2v) is 14.4. The Bertz CT molecular complexity index is 2370. The number of nitrogens with zero attached hydrogens (tertiary/aromatic N) is 2. The number of rotatable bonds is 13. The zero-order valence-electron chi connectivity index (χ0n) is 33.3. The average molecular weight is 828 g/mol. The van der Waals surface area contributed by atoms with Gasteiger partial charge in [0.05, 0.1) is 43.4 Å². The van der Waals surface area contributed by atoms with Gasteiger partial charge in [0, 0.05) is 19.2 Å². The van der Waals surface area contributed by atoms with Crippen LogP contribution in [0.15, 0.2) is 116 Å². The number of hydrogen-bond donors (Lipinski definition) is 4. The molecule has 15 heteroatoms. The summed E-state index contributed by atoms with van der Waals surface area (Å²) in [5.74, 6) is 2.36. The van der Waals surface area contributed by atoms with Gasteiger partial charge in [0.2, 0.25) is 11.8 Å². The van der Waals surface area contributed by atoms with Crippen LogP contribution >= 0.6 is 0 Å². The first kappa shape index (κ1) is 42.1. The number of morpholine rings is 1. The lowest BCUT2D eigenvalue weighted by Crippen LogP contribution is -2.55. The number of nitrogens with two attached hydrogens (primary N) is 1. The Morgan fingerprint density at radius 3 is 2.31 bits per heavy atom. The smallest absolute Gasteiger partial charge is 0.421 e. The van der Waals surface area contributed by atoms with E-state index in [0.29, 0.717) is 22.4 Å². The first-order valence-corrected chi connectivity index (χ1v) is 19.6. The van der Waals surface area contributed by atoms with Gasteiger partial charge in [-0.3, -0.25) is 19.3 Å². The molecule has 0 radical (unpaired) electrons. The van der Waals surface area contributed by atoms with Gasteiger partial charge < -0.3 is 40.4 Å². The number of imide groups is 1. The molecule has 1 spiro atoms. The summed E-state index contributed by atoms with van der Waals surface area (Å²) < 4.78 is 23.1. The van der Waals surface area contributed by atoms with Crippen LogP contribution in [0.1, 0.15) is 46.0 Å². The molecule has 2 saturated heterocycles. The molecule has 7 rings (SSSR count). The second-order valence-electron chi connectivity index (χ2n) is 14.4. The maximum atomic E-state index is 16.0. The average Bonchev–Trinajstić information content (AvgIpc) is 3.73. The van der Waals surface area contributed by atoms with Crippen LogP contribution in [-0.2, 0) is 34.0 Å². The first-order valence-electron chi connectivity index (χ1n) is 19.6. The van der Waals surface area contributed by atoms with Gasteiger partial charge in [0.1, 0.15) is 36.5 Å². The van der Waals surface area contributed by atoms with Gasteiger partial charge in [0.25, 0.3) is 0 Å². The molecule has 0 aromatic heterocycles. The van der Waals surface area contributed by atoms with E-state index in [9.17, 15) is 14.7 Å². The molecule has 0 bridgehead atoms. The van der Waals surface area contributed by atoms with Crippen molar-refractivity contribution >= 4 is 35.6 Å². The van der Waals surface area contributed by atoms with Crippen molar-refractivity contribution in [2.24, 2.45) is 11.7 Å². The lowest BCUT2D eigenvalue weighted by Gasteiger charge is -2.46. The number of primary amides is 1. The van der Waals surface area contributed by atoms with E-state index in [2.05, 4.69) is 29.1 Å². The van der Waals surface area contributed by atoms with Crippen molar-refractivity contribution in [3.05, 3.63) is 144 Å². The van der Waals surface area contributed by atoms with Gasteiger partial charge in [-0.25, -0.2) is 14.5 Å². The molecule has 5 amide bonds. The van der Waals surface area contributed by atoms with E-state index in [-0.39, 0.29) is 50.8 Å². The number of nitrogens with one attached hydrogen (secondary N) is 2. The lowest BCUT2D eigenvalue weighted by atomic mass is 9.65. The maximum Gasteiger partial charge on any atom is 0.421 e. The van der Waals surface area contributed by atoms with Gasteiger partial charge in [-0.1, -0.05) is 90.7 Å². The number of aliphatic hydroxyl groups is 1. The van der Waals surface area contributed by atoms with Crippen LogP contribution in [0.25, 0.3) is 0 Å². The highest BCUT2D eigenvalue weighted by Crippen LogP contribution is 2.66. The number of esters is 1. The Balaban J connectivity index is 1.58. The summed E-state index contributed by atoms with van der Waals surface area (Å²) in [7, 11) is 1.44. The number of carbonyl (C=O) groups excluding carboxylic acids is 5. The van der Waals surface area contributed by atoms with Crippen LogP contribution in [0.2, 0.25) is 0 Å². The van der Waals surface area contributed by atoms with Gasteiger partial charge in [-0.15, -0.1) is 6.58 Å². The predicted molar refractivity (Wildman–Crippen MR) is 222 cm³/mol. The van der Waals surface area contributed by atoms with Crippen LogP contribution < -0.4 is 26.0 Å². The minimum atomic E-state index is -2.07. The van der Waals surface area contributed by atoms with Crippen LogP contribution in [0.3, 0.4) is 0 Å². The van der Waals surface area contributed by atoms with Gasteiger partial charge in [-0.2, -0.15) is 0 Å². The van der Waals surface area contributed by atoms with Gasteiger partial charge >= 0.3 is 18.1 Å². The molecule has 0 aliphatic carbocycles. The zero-order valence-corrected chi connectivity index (χ0v) is 33.3. The third kappa shape index (κ3) is 7.92. The normalized spacial score (nSPS) is 22.6. The summed E-state index contributed by atoms with van der Waals surface area (Å²) in [5.41, 5.74) is 5.72. The summed E-state index contributed by atoms with van der Waals surface area (Å²) in [4.78, 5) is 74.6. The number of hydrogen-bond acceptors (Lipinski definition) is 11. The summed E-state index contributed by atoms with van der Waals surface area (Å²) in [6.07, 6.45) is -0.481. The van der Waals surface area contributed by atoms with E-state index >= 15 is 14.4 Å². The van der Waals surface area contributed by atoms with Gasteiger partial charge in [0.15, 0.2) is 0 Å². The number of fused-ring (bicyclic) bond motifs is 3. The SMILES string of the molecule is C=CCNC(=O)[C@@H]1[C@H]2C(=O)O[C@H](c3ccccc3)[C@H](c3ccccc3)N2[C@H](c2cccc(OCCO)c2)[C@@]12C(=O)N(C(=O)OCCOC)c1ccc(C#CCNC(N)=O)cc12. The minimum Gasteiger partial charge on any atom is -0.491 e. The summed E-state index contributed by atoms with van der Waals surface area (Å²) in [6, 6.07) is 26.0. The molecule has 15 nitrogen and oxygen atoms in total. The molecular formula is C46H45N5O10. The number of methoxy groups -OCH3 is 1. The Labute approximate surface area is 352 Å². The number of anilines is 1. The minimum absolute atomic E-state index is 0.0146. The summed E-state index contributed by atoms with van der Waals surface area (Å²) in [6.45, 7) is 3.20. The highest BCUT2D eigenvalue weighted by molar-refractivity contribution is 6.23. The Morgan fingerprint density at radius 2 is 1.62 bits per heavy atom. The number of benzene rings is 4. The number of aliphatic hydroxyl groups excluding tert-OH is 1. The van der Waals surface area contributed by atoms with Crippen LogP contribution in [0, 0.1) is 17.8 Å². The fourth-order valence-corrected chi connectivity index (χ4v) is 8.74. The van der Waals surface area contributed by atoms with Crippen molar-refractivity contribution in [3.8, 4) is 17.6 Å². The standard InChI is InChI=1S/C46H45N5O10/c1-3-21-48-41(53)36-38-42(54)61-39(31-15-8-5-9-16-31)37(30-13-6-4-7-14-30)51(38)40(32-17-10-18-33(28-32)59-24-23-52)46(36)34-27-29(12-11-22-49-44(47)56)19-20-35(34)50(43(46)55)45(57)60-26-25-58-2/h3-10,13-20,27-28,36-40,52H,1,21-26H2,2H3,(H,48,53)(H3,47,49,56)/t36-,37-,38-,39+,40+,46-/m0/s1. The van der Waals surface area contributed by atoms with Crippen LogP contribution in [-0.4, -0.2) is 92.6 Å². The monoisotopic (exact) mass is 827 g/mol. The second kappa shape index (κ2) is 18.5. The van der Waals surface area contributed by atoms with E-state index < -0.39 is 65.5 Å². The van der Waals surface area contributed by atoms with Crippen molar-refractivity contribution in [2.75, 3.05) is 51.5 Å². The number of urea groups is 1. The number of ether oxygens (including phenoxy) is 4. The van der Waals surface area contributed by atoms with Crippen molar-refractivity contribution in [1.82, 2.24) is 15.5 Å². The van der Waals surface area contributed by atoms with Crippen molar-refractivity contribution < 1.29 is 48.0 Å². The quantitative estimate of drug-likeness (QED) is 0.0662. The Morgan fingerprint density at radius 1 is 0.902 bits per heavy atom. The van der Waals surface area contributed by atoms with E-state index in [4.69, 9.17) is 24.7 Å². The molecule has 0 unspecified atom stereocenters. The number of carbonyl (C=O) groups is 5. The lowest BCUT2D eigenvalue weighted by molar-refractivity contribution is -0.178. The largest absolute Gasteiger partial charge is 0.491 e. The summed E-state index contributed by atoms with van der Waals surface area (Å²) >= 11 is 0. The van der Waals surface area contributed by atoms with E-state index in [1.165, 1.54) is 13.2 Å². The highest BCUT2D eigenvalue weighted by atomic mass is 16.6. The van der Waals surface area contributed by atoms with E-state index in [1.807, 2.05) is 65.6 Å². The third-order valence-corrected chi connectivity index (χ3v) is 11.0. The van der Waals surface area contributed by atoms with Crippen LogP contribution in [0.4, 0.5) is 15.3 Å². The van der Waals surface area contributed by atoms with Crippen LogP contribution in [0.5, 0.6) is 5.75 Å². The maximum absolute atomic E-state index is 16.0. The van der Waals surface area contributed by atoms with E-state index in [1.54, 1.807) is 42.5 Å². The summed E-state index contributed by atoms with van der Waals surface area (Å²) in [5, 5.41) is 15.0. The van der Waals surface area contributed by atoms with Gasteiger partial charge in [-0.05, 0) is 52.6 Å². The Hall–Kier alpha value is -6.99. The molecule has 3 heterocycles. The molecule has 5 N–H and O–H groups in total. The molecule has 314 valence electrons. The fourth-order valence-electron chi connectivity index (χ4n) is 8.74. The highest BCUT2D eigenvalue weighted by Gasteiger charge is 2.75. The molecule has 4 aromatic carbocycles. The zero-order chi connectivity index (χ0) is 43.1. The van der Waals surface area contributed by atoms with Crippen molar-refractivity contribution in [3.63, 3.8) is 0 Å². The fraction of sp³-hybridized carbons (Fsp3) is 0.283. The number of amides is 5. The Kier molecular flexibility index (Phi) is 12.8. The molecule has 3 aliphatic rings. The third-order valence-electron chi connectivity index (χ3n) is 11.0. The first-order chi connectivity index (χ1) is 29.7. The van der Waals surface area contributed by atoms with Crippen molar-refractivity contribution in [2.45, 2.75) is 29.6 Å². The molecule has 3 aliphatic heterocycles. The predicted octanol–water partition coefficient (Wildman–Crippen LogP) is 3.83.